The van der Waals surface area contributed by atoms with Crippen molar-refractivity contribution in [1.29, 1.82) is 0 Å². The lowest BCUT2D eigenvalue weighted by molar-refractivity contribution is 0.756. The van der Waals surface area contributed by atoms with Crippen LogP contribution in [-0.2, 0) is 0 Å². The number of hydrogen-bond acceptors (Lipinski definition) is 1. The maximum Gasteiger partial charge on any atom is 0.0428 e. The van der Waals surface area contributed by atoms with E-state index in [0.717, 1.165) is 11.4 Å². The van der Waals surface area contributed by atoms with Crippen LogP contribution in [0, 0.1) is 11.8 Å². The van der Waals surface area contributed by atoms with Crippen molar-refractivity contribution in [3.63, 3.8) is 0 Å². The van der Waals surface area contributed by atoms with E-state index in [2.05, 4.69) is 45.3 Å². The molecule has 1 heteroatoms. The van der Waals surface area contributed by atoms with Crippen molar-refractivity contribution >= 4 is 5.71 Å². The molecular formula is C12H21N. The number of allylic oxidation sites excluding steroid dienone is 3. The van der Waals surface area contributed by atoms with Crippen LogP contribution in [0.2, 0.25) is 0 Å². The fraction of sp³-hybridized carbons (Fsp3) is 0.583. The van der Waals surface area contributed by atoms with E-state index in [0.29, 0.717) is 11.8 Å². The number of hydrogen-bond donors (Lipinski definition) is 0. The van der Waals surface area contributed by atoms with Gasteiger partial charge in [0.05, 0.1) is 0 Å². The second-order valence-electron chi connectivity index (χ2n) is 3.84. The van der Waals surface area contributed by atoms with Crippen LogP contribution in [0.1, 0.15) is 34.6 Å². The zero-order chi connectivity index (χ0) is 10.4. The molecule has 0 aliphatic heterocycles. The van der Waals surface area contributed by atoms with Crippen LogP contribution in [-0.4, -0.2) is 5.71 Å². The Balaban J connectivity index is 4.63. The number of aliphatic imine (C=N–C) groups is 1. The fourth-order valence-corrected chi connectivity index (χ4v) is 0.825. The summed E-state index contributed by atoms with van der Waals surface area (Å²) < 4.78 is 0. The van der Waals surface area contributed by atoms with Gasteiger partial charge in [0.25, 0.3) is 0 Å². The Hall–Kier alpha value is -0.850. The molecule has 0 spiro atoms. The average molecular weight is 179 g/mol. The normalized spacial score (nSPS) is 13.3. The molecule has 0 aromatic rings. The summed E-state index contributed by atoms with van der Waals surface area (Å²) in [6.07, 6.45) is 4.07. The summed E-state index contributed by atoms with van der Waals surface area (Å²) in [5.41, 5.74) is 2.07. The second-order valence-corrected chi connectivity index (χ2v) is 3.84. The quantitative estimate of drug-likeness (QED) is 0.582. The third kappa shape index (κ3) is 4.66. The first-order valence-corrected chi connectivity index (χ1v) is 4.89. The standard InChI is InChI=1S/C12H21N/c1-7-8-12(10(4)5)13-11(6)9(2)3/h7-10H,6H2,1-5H3/b8-7-,13-12?. The molecule has 0 atom stereocenters. The molecule has 0 bridgehead atoms. The maximum atomic E-state index is 4.50. The van der Waals surface area contributed by atoms with Crippen molar-refractivity contribution < 1.29 is 0 Å². The van der Waals surface area contributed by atoms with E-state index >= 15 is 0 Å². The highest BCUT2D eigenvalue weighted by atomic mass is 14.8. The molecule has 0 fully saturated rings. The van der Waals surface area contributed by atoms with Gasteiger partial charge < -0.3 is 0 Å². The van der Waals surface area contributed by atoms with Gasteiger partial charge in [0.15, 0.2) is 0 Å². The lowest BCUT2D eigenvalue weighted by Gasteiger charge is -2.09. The molecule has 74 valence electrons. The molecule has 0 N–H and O–H groups in total. The van der Waals surface area contributed by atoms with Crippen molar-refractivity contribution in [2.45, 2.75) is 34.6 Å². The van der Waals surface area contributed by atoms with Crippen LogP contribution in [0.4, 0.5) is 0 Å². The monoisotopic (exact) mass is 179 g/mol. The third-order valence-corrected chi connectivity index (χ3v) is 1.87. The largest absolute Gasteiger partial charge is 0.258 e. The molecule has 13 heavy (non-hydrogen) atoms. The van der Waals surface area contributed by atoms with Gasteiger partial charge in [-0.15, -0.1) is 0 Å². The Bertz CT molecular complexity index is 219. The van der Waals surface area contributed by atoms with E-state index < -0.39 is 0 Å². The van der Waals surface area contributed by atoms with Gasteiger partial charge in [0, 0.05) is 11.4 Å². The Kier molecular flexibility index (Phi) is 5.36. The summed E-state index contributed by atoms with van der Waals surface area (Å²) >= 11 is 0. The van der Waals surface area contributed by atoms with Gasteiger partial charge in [-0.25, -0.2) is 0 Å². The van der Waals surface area contributed by atoms with Crippen molar-refractivity contribution in [3.8, 4) is 0 Å². The smallest absolute Gasteiger partial charge is 0.0428 e. The molecule has 0 aromatic heterocycles. The lowest BCUT2D eigenvalue weighted by Crippen LogP contribution is -2.05. The Morgan fingerprint density at radius 3 is 2.00 bits per heavy atom. The van der Waals surface area contributed by atoms with Crippen LogP contribution >= 0.6 is 0 Å². The first-order valence-electron chi connectivity index (χ1n) is 4.89. The molecule has 0 rings (SSSR count). The molecule has 0 saturated carbocycles. The minimum atomic E-state index is 0.430. The van der Waals surface area contributed by atoms with E-state index in [1.165, 1.54) is 0 Å². The van der Waals surface area contributed by atoms with Crippen molar-refractivity contribution in [3.05, 3.63) is 24.4 Å². The highest BCUT2D eigenvalue weighted by Gasteiger charge is 2.03. The predicted molar refractivity (Wildman–Crippen MR) is 61.1 cm³/mol. The van der Waals surface area contributed by atoms with Gasteiger partial charge in [-0.05, 0) is 24.8 Å². The predicted octanol–water partition coefficient (Wildman–Crippen LogP) is 3.83. The zero-order valence-corrected chi connectivity index (χ0v) is 9.46. The van der Waals surface area contributed by atoms with Gasteiger partial charge in [0.1, 0.15) is 0 Å². The van der Waals surface area contributed by atoms with Gasteiger partial charge in [-0.2, -0.15) is 0 Å². The molecule has 0 aliphatic rings. The molecule has 1 nitrogen and oxygen atoms in total. The van der Waals surface area contributed by atoms with Crippen LogP contribution < -0.4 is 0 Å². The Morgan fingerprint density at radius 1 is 1.15 bits per heavy atom. The first-order chi connectivity index (χ1) is 5.99. The summed E-state index contributed by atoms with van der Waals surface area (Å²) in [4.78, 5) is 4.50. The average Bonchev–Trinajstić information content (AvgIpc) is 2.03. The van der Waals surface area contributed by atoms with Crippen LogP contribution in [0.25, 0.3) is 0 Å². The summed E-state index contributed by atoms with van der Waals surface area (Å²) in [6, 6.07) is 0. The van der Waals surface area contributed by atoms with Gasteiger partial charge >= 0.3 is 0 Å². The molecular weight excluding hydrogens is 158 g/mol. The number of nitrogens with zero attached hydrogens (tertiary/aromatic N) is 1. The van der Waals surface area contributed by atoms with Crippen molar-refractivity contribution in [2.24, 2.45) is 16.8 Å². The third-order valence-electron chi connectivity index (χ3n) is 1.87. The molecule has 0 radical (unpaired) electrons. The van der Waals surface area contributed by atoms with Crippen molar-refractivity contribution in [2.75, 3.05) is 0 Å². The summed E-state index contributed by atoms with van der Waals surface area (Å²) in [6.45, 7) is 14.5. The molecule has 0 heterocycles. The Labute approximate surface area is 82.3 Å². The summed E-state index contributed by atoms with van der Waals surface area (Å²) in [5.74, 6) is 0.894. The lowest BCUT2D eigenvalue weighted by atomic mass is 10.1. The Morgan fingerprint density at radius 2 is 1.69 bits per heavy atom. The van der Waals surface area contributed by atoms with Gasteiger partial charge in [0.2, 0.25) is 0 Å². The second kappa shape index (κ2) is 5.74. The van der Waals surface area contributed by atoms with E-state index in [9.17, 15) is 0 Å². The first kappa shape index (κ1) is 12.2. The molecule has 0 aliphatic carbocycles. The molecule has 0 unspecified atom stereocenters. The molecule has 0 amide bonds. The van der Waals surface area contributed by atoms with Gasteiger partial charge in [-0.3, -0.25) is 4.99 Å². The van der Waals surface area contributed by atoms with E-state index in [1.54, 1.807) is 0 Å². The van der Waals surface area contributed by atoms with E-state index in [-0.39, 0.29) is 0 Å². The topological polar surface area (TPSA) is 12.4 Å². The zero-order valence-electron chi connectivity index (χ0n) is 9.46. The highest BCUT2D eigenvalue weighted by molar-refractivity contribution is 5.96. The van der Waals surface area contributed by atoms with E-state index in [1.807, 2.05) is 13.0 Å². The molecule has 0 aromatic carbocycles. The molecule has 0 saturated heterocycles. The van der Waals surface area contributed by atoms with Crippen LogP contribution in [0.15, 0.2) is 29.4 Å². The minimum Gasteiger partial charge on any atom is -0.258 e. The highest BCUT2D eigenvalue weighted by Crippen LogP contribution is 2.11. The minimum absolute atomic E-state index is 0.430. The summed E-state index contributed by atoms with van der Waals surface area (Å²) in [7, 11) is 0. The summed E-state index contributed by atoms with van der Waals surface area (Å²) in [5, 5.41) is 0. The maximum absolute atomic E-state index is 4.50. The fourth-order valence-electron chi connectivity index (χ4n) is 0.825. The van der Waals surface area contributed by atoms with Gasteiger partial charge in [-0.1, -0.05) is 40.3 Å². The van der Waals surface area contributed by atoms with Crippen molar-refractivity contribution in [1.82, 2.24) is 0 Å². The SMILES string of the molecule is C=C(N=C(/C=C\C)C(C)C)C(C)C. The van der Waals surface area contributed by atoms with E-state index in [4.69, 9.17) is 0 Å². The van der Waals surface area contributed by atoms with Crippen LogP contribution in [0.5, 0.6) is 0 Å². The van der Waals surface area contributed by atoms with Crippen LogP contribution in [0.3, 0.4) is 0 Å². The number of rotatable bonds is 4.